The van der Waals surface area contributed by atoms with E-state index in [1.807, 2.05) is 13.1 Å². The van der Waals surface area contributed by atoms with Crippen LogP contribution in [0.15, 0.2) is 30.5 Å². The third kappa shape index (κ3) is 2.87. The normalized spacial score (nSPS) is 10.5. The maximum absolute atomic E-state index is 4.03. The van der Waals surface area contributed by atoms with Crippen molar-refractivity contribution in [2.75, 3.05) is 5.32 Å². The summed E-state index contributed by atoms with van der Waals surface area (Å²) in [6.07, 6.45) is 4.17. The lowest BCUT2D eigenvalue weighted by atomic mass is 10.1. The van der Waals surface area contributed by atoms with E-state index < -0.39 is 0 Å². The van der Waals surface area contributed by atoms with Crippen LogP contribution in [-0.4, -0.2) is 10.2 Å². The van der Waals surface area contributed by atoms with Crippen LogP contribution in [0.2, 0.25) is 0 Å². The molecule has 0 fully saturated rings. The average Bonchev–Trinajstić information content (AvgIpc) is 2.74. The number of anilines is 1. The number of para-hydroxylation sites is 1. The summed E-state index contributed by atoms with van der Waals surface area (Å²) in [5.41, 5.74) is 4.97. The van der Waals surface area contributed by atoms with E-state index in [9.17, 15) is 0 Å². The number of H-pyrrole nitrogens is 1. The Labute approximate surface area is 102 Å². The molecule has 90 valence electrons. The van der Waals surface area contributed by atoms with Gasteiger partial charge in [-0.1, -0.05) is 31.5 Å². The van der Waals surface area contributed by atoms with Crippen molar-refractivity contribution < 1.29 is 0 Å². The van der Waals surface area contributed by atoms with Crippen LogP contribution >= 0.6 is 0 Å². The zero-order valence-corrected chi connectivity index (χ0v) is 10.5. The highest BCUT2D eigenvalue weighted by atomic mass is 15.1. The van der Waals surface area contributed by atoms with E-state index in [1.165, 1.54) is 23.2 Å². The fraction of sp³-hybridized carbons (Fsp3) is 0.357. The molecule has 1 aromatic carbocycles. The number of nitrogens with zero attached hydrogens (tertiary/aromatic N) is 1. The third-order valence-electron chi connectivity index (χ3n) is 2.94. The quantitative estimate of drug-likeness (QED) is 0.826. The van der Waals surface area contributed by atoms with Crippen molar-refractivity contribution in [1.82, 2.24) is 10.2 Å². The van der Waals surface area contributed by atoms with Crippen molar-refractivity contribution in [1.29, 1.82) is 0 Å². The molecule has 0 aliphatic rings. The number of rotatable bonds is 5. The van der Waals surface area contributed by atoms with Crippen molar-refractivity contribution >= 4 is 5.69 Å². The first-order valence-corrected chi connectivity index (χ1v) is 6.12. The molecule has 0 amide bonds. The molecule has 0 saturated carbocycles. The molecular weight excluding hydrogens is 210 g/mol. The van der Waals surface area contributed by atoms with Crippen LogP contribution in [0.5, 0.6) is 0 Å². The molecule has 0 bridgehead atoms. The highest BCUT2D eigenvalue weighted by molar-refractivity contribution is 5.51. The van der Waals surface area contributed by atoms with Gasteiger partial charge in [-0.2, -0.15) is 5.10 Å². The van der Waals surface area contributed by atoms with Gasteiger partial charge in [0.25, 0.3) is 0 Å². The molecule has 0 aliphatic heterocycles. The minimum absolute atomic E-state index is 0.822. The van der Waals surface area contributed by atoms with Crippen LogP contribution < -0.4 is 5.32 Å². The Morgan fingerprint density at radius 1 is 1.24 bits per heavy atom. The largest absolute Gasteiger partial charge is 0.381 e. The lowest BCUT2D eigenvalue weighted by molar-refractivity contribution is 0.919. The van der Waals surface area contributed by atoms with E-state index in [-0.39, 0.29) is 0 Å². The van der Waals surface area contributed by atoms with Gasteiger partial charge in [-0.15, -0.1) is 0 Å². The molecule has 0 unspecified atom stereocenters. The zero-order chi connectivity index (χ0) is 12.1. The lowest BCUT2D eigenvalue weighted by Gasteiger charge is -2.11. The van der Waals surface area contributed by atoms with E-state index in [2.05, 4.69) is 46.7 Å². The van der Waals surface area contributed by atoms with Gasteiger partial charge in [0, 0.05) is 23.5 Å². The number of aryl methyl sites for hydroxylation is 2. The van der Waals surface area contributed by atoms with Gasteiger partial charge in [0.2, 0.25) is 0 Å². The summed E-state index contributed by atoms with van der Waals surface area (Å²) in [6, 6.07) is 8.50. The minimum atomic E-state index is 0.822. The van der Waals surface area contributed by atoms with Crippen molar-refractivity contribution in [2.45, 2.75) is 33.2 Å². The van der Waals surface area contributed by atoms with Gasteiger partial charge in [-0.05, 0) is 25.0 Å². The maximum Gasteiger partial charge on any atom is 0.0539 e. The molecular formula is C14H19N3. The Bertz CT molecular complexity index is 474. The first-order valence-electron chi connectivity index (χ1n) is 6.12. The summed E-state index contributed by atoms with van der Waals surface area (Å²) >= 11 is 0. The molecule has 0 spiro atoms. The molecule has 3 nitrogen and oxygen atoms in total. The van der Waals surface area contributed by atoms with Crippen LogP contribution in [0.3, 0.4) is 0 Å². The van der Waals surface area contributed by atoms with Crippen LogP contribution in [-0.2, 0) is 13.0 Å². The minimum Gasteiger partial charge on any atom is -0.381 e. The maximum atomic E-state index is 4.03. The molecule has 0 saturated heterocycles. The lowest BCUT2D eigenvalue weighted by Crippen LogP contribution is -2.02. The van der Waals surface area contributed by atoms with E-state index in [0.717, 1.165) is 18.7 Å². The smallest absolute Gasteiger partial charge is 0.0539 e. The predicted octanol–water partition coefficient (Wildman–Crippen LogP) is 3.28. The van der Waals surface area contributed by atoms with E-state index >= 15 is 0 Å². The molecule has 1 aromatic heterocycles. The van der Waals surface area contributed by atoms with Crippen LogP contribution in [0.1, 0.15) is 30.2 Å². The summed E-state index contributed by atoms with van der Waals surface area (Å²) in [5, 5.41) is 10.5. The molecule has 0 aliphatic carbocycles. The highest BCUT2D eigenvalue weighted by Crippen LogP contribution is 2.18. The number of hydrogen-bond acceptors (Lipinski definition) is 2. The van der Waals surface area contributed by atoms with Gasteiger partial charge in [0.15, 0.2) is 0 Å². The summed E-state index contributed by atoms with van der Waals surface area (Å²) in [4.78, 5) is 0. The number of aromatic amines is 1. The van der Waals surface area contributed by atoms with Gasteiger partial charge in [-0.25, -0.2) is 0 Å². The van der Waals surface area contributed by atoms with Crippen LogP contribution in [0.25, 0.3) is 0 Å². The Hall–Kier alpha value is -1.77. The summed E-state index contributed by atoms with van der Waals surface area (Å²) < 4.78 is 0. The molecule has 0 atom stereocenters. The van der Waals surface area contributed by atoms with Crippen molar-refractivity contribution in [2.24, 2.45) is 0 Å². The van der Waals surface area contributed by atoms with Gasteiger partial charge >= 0.3 is 0 Å². The van der Waals surface area contributed by atoms with Crippen molar-refractivity contribution in [3.05, 3.63) is 47.3 Å². The van der Waals surface area contributed by atoms with Crippen LogP contribution in [0.4, 0.5) is 5.69 Å². The first kappa shape index (κ1) is 11.7. The molecule has 3 heteroatoms. The van der Waals surface area contributed by atoms with Gasteiger partial charge in [0.1, 0.15) is 0 Å². The standard InChI is InChI=1S/C14H19N3/c1-3-6-12-7-4-5-8-14(12)15-9-13-10-16-17-11(13)2/h4-5,7-8,10,15H,3,6,9H2,1-2H3,(H,16,17). The average molecular weight is 229 g/mol. The third-order valence-corrected chi connectivity index (χ3v) is 2.94. The fourth-order valence-electron chi connectivity index (χ4n) is 1.92. The second-order valence-corrected chi connectivity index (χ2v) is 4.28. The molecule has 17 heavy (non-hydrogen) atoms. The molecule has 1 heterocycles. The Morgan fingerprint density at radius 2 is 2.06 bits per heavy atom. The predicted molar refractivity (Wildman–Crippen MR) is 71.1 cm³/mol. The first-order chi connectivity index (χ1) is 8.31. The molecule has 2 N–H and O–H groups in total. The Balaban J connectivity index is 2.06. The summed E-state index contributed by atoms with van der Waals surface area (Å²) in [5.74, 6) is 0. The summed E-state index contributed by atoms with van der Waals surface area (Å²) in [7, 11) is 0. The van der Waals surface area contributed by atoms with E-state index in [4.69, 9.17) is 0 Å². The molecule has 2 aromatic rings. The molecule has 0 radical (unpaired) electrons. The van der Waals surface area contributed by atoms with Crippen molar-refractivity contribution in [3.63, 3.8) is 0 Å². The number of hydrogen-bond donors (Lipinski definition) is 2. The fourth-order valence-corrected chi connectivity index (χ4v) is 1.92. The molecule has 2 rings (SSSR count). The monoisotopic (exact) mass is 229 g/mol. The SMILES string of the molecule is CCCc1ccccc1NCc1cn[nH]c1C. The Kier molecular flexibility index (Phi) is 3.81. The summed E-state index contributed by atoms with van der Waals surface area (Å²) in [6.45, 7) is 5.07. The number of nitrogens with one attached hydrogen (secondary N) is 2. The van der Waals surface area contributed by atoms with Gasteiger partial charge in [-0.3, -0.25) is 5.10 Å². The second-order valence-electron chi connectivity index (χ2n) is 4.28. The number of benzene rings is 1. The van der Waals surface area contributed by atoms with Gasteiger partial charge in [0.05, 0.1) is 6.20 Å². The Morgan fingerprint density at radius 3 is 2.76 bits per heavy atom. The van der Waals surface area contributed by atoms with Gasteiger partial charge < -0.3 is 5.32 Å². The number of aromatic nitrogens is 2. The topological polar surface area (TPSA) is 40.7 Å². The zero-order valence-electron chi connectivity index (χ0n) is 10.5. The van der Waals surface area contributed by atoms with Crippen molar-refractivity contribution in [3.8, 4) is 0 Å². The van der Waals surface area contributed by atoms with E-state index in [1.54, 1.807) is 0 Å². The van der Waals surface area contributed by atoms with E-state index in [0.29, 0.717) is 0 Å². The second kappa shape index (κ2) is 5.53. The highest BCUT2D eigenvalue weighted by Gasteiger charge is 2.03. The van der Waals surface area contributed by atoms with Crippen LogP contribution in [0, 0.1) is 6.92 Å².